The molecule has 1 nitrogen and oxygen atoms in total. The largest absolute Gasteiger partial charge is 0.489 e. The molecule has 1 aromatic carbocycles. The van der Waals surface area contributed by atoms with Crippen LogP contribution in [0.4, 0.5) is 0 Å². The molecule has 0 N–H and O–H groups in total. The molecule has 0 bridgehead atoms. The Bertz CT molecular complexity index is 478. The maximum absolute atomic E-state index is 5.76. The van der Waals surface area contributed by atoms with Gasteiger partial charge in [0.05, 0.1) is 5.88 Å². The van der Waals surface area contributed by atoms with Crippen molar-refractivity contribution in [2.45, 2.75) is 5.88 Å². The van der Waals surface area contributed by atoms with Crippen LogP contribution in [-0.4, -0.2) is 12.5 Å². The van der Waals surface area contributed by atoms with Gasteiger partial charge in [0, 0.05) is 10.9 Å². The van der Waals surface area contributed by atoms with Gasteiger partial charge < -0.3 is 4.74 Å². The maximum atomic E-state index is 5.76. The highest BCUT2D eigenvalue weighted by Gasteiger charge is 1.96. The number of rotatable bonds is 7. The van der Waals surface area contributed by atoms with Gasteiger partial charge in [-0.15, -0.1) is 23.2 Å². The highest BCUT2D eigenvalue weighted by molar-refractivity contribution is 6.35. The summed E-state index contributed by atoms with van der Waals surface area (Å²) in [5, 5.41) is 0.585. The van der Waals surface area contributed by atoms with E-state index in [-0.39, 0.29) is 0 Å². The van der Waals surface area contributed by atoms with Crippen molar-refractivity contribution < 1.29 is 4.74 Å². The lowest BCUT2D eigenvalue weighted by molar-refractivity contribution is 0.356. The molecule has 0 saturated heterocycles. The number of allylic oxidation sites excluding steroid dienone is 3. The number of halogens is 3. The van der Waals surface area contributed by atoms with Crippen LogP contribution >= 0.6 is 34.8 Å². The summed E-state index contributed by atoms with van der Waals surface area (Å²) in [6.07, 6.45) is 5.36. The van der Waals surface area contributed by atoms with Gasteiger partial charge in [0.15, 0.2) is 0 Å². The van der Waals surface area contributed by atoms with Gasteiger partial charge in [0.2, 0.25) is 0 Å². The van der Waals surface area contributed by atoms with Crippen LogP contribution in [0.15, 0.2) is 59.7 Å². The Balaban J connectivity index is 2.45. The van der Waals surface area contributed by atoms with Crippen LogP contribution in [0.2, 0.25) is 0 Å². The molecule has 0 unspecified atom stereocenters. The first kappa shape index (κ1) is 16.2. The van der Waals surface area contributed by atoms with Crippen molar-refractivity contribution in [2.24, 2.45) is 0 Å². The molecule has 102 valence electrons. The molecule has 4 heteroatoms. The van der Waals surface area contributed by atoms with Crippen LogP contribution in [-0.2, 0) is 5.88 Å². The van der Waals surface area contributed by atoms with Gasteiger partial charge in [-0.2, -0.15) is 0 Å². The average molecular weight is 318 g/mol. The molecule has 0 spiro atoms. The van der Waals surface area contributed by atoms with E-state index in [4.69, 9.17) is 39.5 Å². The van der Waals surface area contributed by atoms with Crippen LogP contribution in [0.5, 0.6) is 5.75 Å². The fraction of sp³-hybridized carbons (Fsp3) is 0.200. The molecule has 0 radical (unpaired) electrons. The second-order valence-corrected chi connectivity index (χ2v) is 4.85. The molecule has 0 heterocycles. The van der Waals surface area contributed by atoms with Crippen molar-refractivity contribution in [3.05, 3.63) is 65.2 Å². The molecule has 0 saturated carbocycles. The number of hydrogen-bond donors (Lipinski definition) is 0. The van der Waals surface area contributed by atoms with Crippen LogP contribution in [0.25, 0.3) is 0 Å². The summed E-state index contributed by atoms with van der Waals surface area (Å²) in [7, 11) is 0. The standard InChI is InChI=1S/C15H15Cl3O/c1-12(4-2-6-14(18)10-17)11-19-15-7-3-5-13(8-15)9-16/h2-8H,1,9-11H2/b4-2-,14-6+. The third kappa shape index (κ3) is 6.72. The normalized spacial score (nSPS) is 11.8. The van der Waals surface area contributed by atoms with Gasteiger partial charge in [0.25, 0.3) is 0 Å². The Kier molecular flexibility index (Phi) is 7.73. The SMILES string of the molecule is C=C(/C=C\C=C(\Cl)CCl)COc1cccc(CCl)c1. The summed E-state index contributed by atoms with van der Waals surface area (Å²) < 4.78 is 5.60. The van der Waals surface area contributed by atoms with Crippen LogP contribution < -0.4 is 4.74 Å². The summed E-state index contributed by atoms with van der Waals surface area (Å²) in [4.78, 5) is 0. The fourth-order valence-electron chi connectivity index (χ4n) is 1.28. The first-order valence-corrected chi connectivity index (χ1v) is 7.14. The van der Waals surface area contributed by atoms with Gasteiger partial charge in [-0.05, 0) is 29.3 Å². The van der Waals surface area contributed by atoms with Crippen molar-refractivity contribution >= 4 is 34.8 Å². The molecule has 0 amide bonds. The van der Waals surface area contributed by atoms with E-state index in [0.29, 0.717) is 23.4 Å². The van der Waals surface area contributed by atoms with E-state index in [2.05, 4.69) is 6.58 Å². The van der Waals surface area contributed by atoms with Gasteiger partial charge in [-0.1, -0.05) is 42.5 Å². The van der Waals surface area contributed by atoms with E-state index in [1.165, 1.54) is 0 Å². The van der Waals surface area contributed by atoms with E-state index in [9.17, 15) is 0 Å². The second kappa shape index (κ2) is 9.08. The Morgan fingerprint density at radius 2 is 2.11 bits per heavy atom. The number of alkyl halides is 2. The number of ether oxygens (including phenoxy) is 1. The summed E-state index contributed by atoms with van der Waals surface area (Å²) >= 11 is 17.1. The van der Waals surface area contributed by atoms with Gasteiger partial charge in [-0.3, -0.25) is 0 Å². The fourth-order valence-corrected chi connectivity index (χ4v) is 1.60. The van der Waals surface area contributed by atoms with Gasteiger partial charge >= 0.3 is 0 Å². The van der Waals surface area contributed by atoms with Crippen molar-refractivity contribution in [1.82, 2.24) is 0 Å². The van der Waals surface area contributed by atoms with Crippen molar-refractivity contribution in [3.63, 3.8) is 0 Å². The molecule has 0 aromatic heterocycles. The van der Waals surface area contributed by atoms with E-state index >= 15 is 0 Å². The molecule has 1 rings (SSSR count). The lowest BCUT2D eigenvalue weighted by atomic mass is 10.2. The van der Waals surface area contributed by atoms with E-state index < -0.39 is 0 Å². The Morgan fingerprint density at radius 1 is 1.32 bits per heavy atom. The molecular weight excluding hydrogens is 303 g/mol. The minimum Gasteiger partial charge on any atom is -0.489 e. The Hall–Kier alpha value is -0.890. The minimum absolute atomic E-state index is 0.306. The first-order valence-electron chi connectivity index (χ1n) is 5.70. The second-order valence-electron chi connectivity index (χ2n) is 3.83. The summed E-state index contributed by atoms with van der Waals surface area (Å²) in [5.74, 6) is 1.56. The van der Waals surface area contributed by atoms with Gasteiger partial charge in [-0.25, -0.2) is 0 Å². The zero-order valence-corrected chi connectivity index (χ0v) is 12.7. The van der Waals surface area contributed by atoms with E-state index in [1.54, 1.807) is 12.2 Å². The third-order valence-electron chi connectivity index (χ3n) is 2.21. The monoisotopic (exact) mass is 316 g/mol. The summed E-state index contributed by atoms with van der Waals surface area (Å²) in [5.41, 5.74) is 1.86. The third-order valence-corrected chi connectivity index (χ3v) is 3.21. The molecule has 0 aliphatic heterocycles. The average Bonchev–Trinajstić information content (AvgIpc) is 2.45. The molecule has 0 aliphatic rings. The Labute approximate surface area is 129 Å². The number of benzene rings is 1. The first-order chi connectivity index (χ1) is 9.15. The van der Waals surface area contributed by atoms with Crippen LogP contribution in [0.1, 0.15) is 5.56 Å². The zero-order chi connectivity index (χ0) is 14.1. The van der Waals surface area contributed by atoms with E-state index in [1.807, 2.05) is 30.3 Å². The molecule has 0 atom stereocenters. The van der Waals surface area contributed by atoms with Gasteiger partial charge in [0.1, 0.15) is 12.4 Å². The lowest BCUT2D eigenvalue weighted by Crippen LogP contribution is -1.98. The van der Waals surface area contributed by atoms with Crippen molar-refractivity contribution in [1.29, 1.82) is 0 Å². The molecule has 0 aliphatic carbocycles. The van der Waals surface area contributed by atoms with Crippen LogP contribution in [0.3, 0.4) is 0 Å². The zero-order valence-electron chi connectivity index (χ0n) is 10.4. The summed E-state index contributed by atoms with van der Waals surface area (Å²) in [6, 6.07) is 7.66. The molecule has 0 fully saturated rings. The predicted octanol–water partition coefficient (Wildman–Crippen LogP) is 5.28. The predicted molar refractivity (Wildman–Crippen MR) is 84.4 cm³/mol. The highest BCUT2D eigenvalue weighted by Crippen LogP contribution is 2.15. The van der Waals surface area contributed by atoms with E-state index in [0.717, 1.165) is 16.9 Å². The highest BCUT2D eigenvalue weighted by atomic mass is 35.5. The smallest absolute Gasteiger partial charge is 0.120 e. The number of hydrogen-bond acceptors (Lipinski definition) is 1. The topological polar surface area (TPSA) is 9.23 Å². The molecule has 1 aromatic rings. The van der Waals surface area contributed by atoms with Crippen molar-refractivity contribution in [2.75, 3.05) is 12.5 Å². The lowest BCUT2D eigenvalue weighted by Gasteiger charge is -2.06. The Morgan fingerprint density at radius 3 is 2.79 bits per heavy atom. The van der Waals surface area contributed by atoms with Crippen LogP contribution in [0, 0.1) is 0 Å². The minimum atomic E-state index is 0.306. The maximum Gasteiger partial charge on any atom is 0.120 e. The van der Waals surface area contributed by atoms with Crippen molar-refractivity contribution in [3.8, 4) is 5.75 Å². The molecule has 19 heavy (non-hydrogen) atoms. The quantitative estimate of drug-likeness (QED) is 0.491. The molecular formula is C15H15Cl3O. The summed E-state index contributed by atoms with van der Waals surface area (Å²) in [6.45, 7) is 4.30.